The van der Waals surface area contributed by atoms with Gasteiger partial charge in [-0.25, -0.2) is 13.6 Å². The highest BCUT2D eigenvalue weighted by molar-refractivity contribution is 7.98. The second-order valence-corrected chi connectivity index (χ2v) is 4.46. The molecule has 0 aliphatic rings. The standard InChI is InChI=1S/C11H11F2NO3S/c12-8-1-2-9(13)7(3-8)4-18-5-10(11(16)17)14-6-15/h1-3,6,10H,4-5H2,(H,14,15)(H,16,17). The first kappa shape index (κ1) is 14.4. The second kappa shape index (κ2) is 6.95. The molecule has 0 radical (unpaired) electrons. The number of hydrogen-bond donors (Lipinski definition) is 2. The molecule has 0 aromatic heterocycles. The van der Waals surface area contributed by atoms with Gasteiger partial charge in [-0.05, 0) is 18.2 Å². The molecule has 0 saturated heterocycles. The number of rotatable bonds is 7. The maximum atomic E-state index is 13.2. The van der Waals surface area contributed by atoms with Gasteiger partial charge in [-0.15, -0.1) is 0 Å². The SMILES string of the molecule is O=CNC(CSCc1cc(F)ccc1F)C(=O)O. The summed E-state index contributed by atoms with van der Waals surface area (Å²) in [7, 11) is 0. The van der Waals surface area contributed by atoms with Gasteiger partial charge in [0.2, 0.25) is 6.41 Å². The number of halogens is 2. The molecular weight excluding hydrogens is 264 g/mol. The Labute approximate surface area is 106 Å². The lowest BCUT2D eigenvalue weighted by molar-refractivity contribution is -0.139. The van der Waals surface area contributed by atoms with Crippen LogP contribution in [0.25, 0.3) is 0 Å². The van der Waals surface area contributed by atoms with E-state index in [0.29, 0.717) is 6.41 Å². The largest absolute Gasteiger partial charge is 0.480 e. The van der Waals surface area contributed by atoms with Crippen LogP contribution in [0.2, 0.25) is 0 Å². The zero-order chi connectivity index (χ0) is 13.5. The van der Waals surface area contributed by atoms with E-state index in [2.05, 4.69) is 5.32 Å². The molecule has 0 bridgehead atoms. The van der Waals surface area contributed by atoms with Crippen molar-refractivity contribution in [2.24, 2.45) is 0 Å². The van der Waals surface area contributed by atoms with Gasteiger partial charge in [0, 0.05) is 17.1 Å². The molecule has 0 aliphatic carbocycles. The van der Waals surface area contributed by atoms with Crippen molar-refractivity contribution in [1.82, 2.24) is 5.32 Å². The molecule has 0 fully saturated rings. The molecule has 0 aliphatic heterocycles. The Bertz CT molecular complexity index is 442. The second-order valence-electron chi connectivity index (χ2n) is 3.43. The summed E-state index contributed by atoms with van der Waals surface area (Å²) in [4.78, 5) is 20.8. The number of carbonyl (C=O) groups is 2. The predicted molar refractivity (Wildman–Crippen MR) is 63.1 cm³/mol. The van der Waals surface area contributed by atoms with Crippen LogP contribution >= 0.6 is 11.8 Å². The third-order valence-electron chi connectivity index (χ3n) is 2.12. The molecule has 18 heavy (non-hydrogen) atoms. The fraction of sp³-hybridized carbons (Fsp3) is 0.273. The monoisotopic (exact) mass is 275 g/mol. The normalized spacial score (nSPS) is 11.9. The van der Waals surface area contributed by atoms with Gasteiger partial charge in [0.1, 0.15) is 17.7 Å². The number of aliphatic carboxylic acids is 1. The van der Waals surface area contributed by atoms with Crippen LogP contribution in [0, 0.1) is 11.6 Å². The molecule has 1 rings (SSSR count). The summed E-state index contributed by atoms with van der Waals surface area (Å²) in [5.41, 5.74) is 0.162. The van der Waals surface area contributed by atoms with E-state index >= 15 is 0 Å². The van der Waals surface area contributed by atoms with Crippen LogP contribution in [-0.2, 0) is 15.3 Å². The van der Waals surface area contributed by atoms with Crippen LogP contribution in [0.3, 0.4) is 0 Å². The quantitative estimate of drug-likeness (QED) is 0.738. The lowest BCUT2D eigenvalue weighted by atomic mass is 10.2. The van der Waals surface area contributed by atoms with E-state index in [9.17, 15) is 18.4 Å². The average Bonchev–Trinajstić information content (AvgIpc) is 2.32. The molecule has 98 valence electrons. The van der Waals surface area contributed by atoms with Gasteiger partial charge in [-0.2, -0.15) is 11.8 Å². The minimum atomic E-state index is -1.17. The van der Waals surface area contributed by atoms with Crippen LogP contribution in [0.5, 0.6) is 0 Å². The third-order valence-corrected chi connectivity index (χ3v) is 3.20. The zero-order valence-corrected chi connectivity index (χ0v) is 10.0. The average molecular weight is 275 g/mol. The molecule has 0 heterocycles. The zero-order valence-electron chi connectivity index (χ0n) is 9.23. The summed E-state index contributed by atoms with van der Waals surface area (Å²) >= 11 is 1.10. The van der Waals surface area contributed by atoms with Crippen LogP contribution in [0.15, 0.2) is 18.2 Å². The third kappa shape index (κ3) is 4.33. The lowest BCUT2D eigenvalue weighted by Gasteiger charge is -2.10. The minimum absolute atomic E-state index is 0.0734. The fourth-order valence-electron chi connectivity index (χ4n) is 1.21. The number of benzene rings is 1. The molecule has 1 amide bonds. The highest BCUT2D eigenvalue weighted by Crippen LogP contribution is 2.17. The molecule has 0 saturated carbocycles. The predicted octanol–water partition coefficient (Wildman–Crippen LogP) is 1.40. The van der Waals surface area contributed by atoms with E-state index in [-0.39, 0.29) is 17.1 Å². The van der Waals surface area contributed by atoms with Crippen molar-refractivity contribution >= 4 is 24.1 Å². The van der Waals surface area contributed by atoms with Crippen LogP contribution in [0.4, 0.5) is 8.78 Å². The first-order valence-corrected chi connectivity index (χ1v) is 6.14. The van der Waals surface area contributed by atoms with Gasteiger partial charge in [0.25, 0.3) is 0 Å². The molecule has 1 aromatic carbocycles. The van der Waals surface area contributed by atoms with Gasteiger partial charge in [0.15, 0.2) is 0 Å². The summed E-state index contributed by atoms with van der Waals surface area (Å²) in [6.07, 6.45) is 0.294. The van der Waals surface area contributed by atoms with Gasteiger partial charge in [0.05, 0.1) is 0 Å². The van der Waals surface area contributed by atoms with Crippen molar-refractivity contribution in [3.05, 3.63) is 35.4 Å². The number of carbonyl (C=O) groups excluding carboxylic acids is 1. The van der Waals surface area contributed by atoms with Gasteiger partial charge < -0.3 is 10.4 Å². The van der Waals surface area contributed by atoms with Gasteiger partial charge >= 0.3 is 5.97 Å². The molecule has 0 spiro atoms. The topological polar surface area (TPSA) is 66.4 Å². The van der Waals surface area contributed by atoms with Crippen LogP contribution in [0.1, 0.15) is 5.56 Å². The maximum absolute atomic E-state index is 13.2. The van der Waals surface area contributed by atoms with E-state index < -0.39 is 23.6 Å². The lowest BCUT2D eigenvalue weighted by Crippen LogP contribution is -2.37. The Hall–Kier alpha value is -1.63. The molecular formula is C11H11F2NO3S. The van der Waals surface area contributed by atoms with Crippen LogP contribution in [-0.4, -0.2) is 29.3 Å². The summed E-state index contributed by atoms with van der Waals surface area (Å²) in [6, 6.07) is 2.05. The summed E-state index contributed by atoms with van der Waals surface area (Å²) in [6.45, 7) is 0. The summed E-state index contributed by atoms with van der Waals surface area (Å²) in [5.74, 6) is -2.06. The Kier molecular flexibility index (Phi) is 5.57. The van der Waals surface area contributed by atoms with E-state index in [1.807, 2.05) is 0 Å². The molecule has 7 heteroatoms. The fourth-order valence-corrected chi connectivity index (χ4v) is 2.25. The van der Waals surface area contributed by atoms with E-state index in [1.54, 1.807) is 0 Å². The Morgan fingerprint density at radius 3 is 2.83 bits per heavy atom. The molecule has 4 nitrogen and oxygen atoms in total. The van der Waals surface area contributed by atoms with Crippen molar-refractivity contribution in [1.29, 1.82) is 0 Å². The Morgan fingerprint density at radius 2 is 2.22 bits per heavy atom. The number of amides is 1. The number of carboxylic acid groups (broad SMARTS) is 1. The number of nitrogens with one attached hydrogen (secondary N) is 1. The van der Waals surface area contributed by atoms with Crippen molar-refractivity contribution < 1.29 is 23.5 Å². The summed E-state index contributed by atoms with van der Waals surface area (Å²) < 4.78 is 26.1. The van der Waals surface area contributed by atoms with Crippen molar-refractivity contribution in [2.45, 2.75) is 11.8 Å². The molecule has 1 atom stereocenters. The van der Waals surface area contributed by atoms with E-state index in [4.69, 9.17) is 5.11 Å². The highest BCUT2D eigenvalue weighted by Gasteiger charge is 2.16. The van der Waals surface area contributed by atoms with E-state index in [1.165, 1.54) is 0 Å². The summed E-state index contributed by atoms with van der Waals surface area (Å²) in [5, 5.41) is 10.9. The van der Waals surface area contributed by atoms with Crippen molar-refractivity contribution in [3.8, 4) is 0 Å². The number of thioether (sulfide) groups is 1. The van der Waals surface area contributed by atoms with Gasteiger partial charge in [-0.1, -0.05) is 0 Å². The molecule has 2 N–H and O–H groups in total. The minimum Gasteiger partial charge on any atom is -0.480 e. The first-order valence-electron chi connectivity index (χ1n) is 4.98. The molecule has 1 aromatic rings. The van der Waals surface area contributed by atoms with Crippen molar-refractivity contribution in [2.75, 3.05) is 5.75 Å². The van der Waals surface area contributed by atoms with E-state index in [0.717, 1.165) is 30.0 Å². The number of carboxylic acids is 1. The Morgan fingerprint density at radius 1 is 1.50 bits per heavy atom. The van der Waals surface area contributed by atoms with Crippen molar-refractivity contribution in [3.63, 3.8) is 0 Å². The van der Waals surface area contributed by atoms with Gasteiger partial charge in [-0.3, -0.25) is 4.79 Å². The first-order chi connectivity index (χ1) is 8.54. The smallest absolute Gasteiger partial charge is 0.327 e. The maximum Gasteiger partial charge on any atom is 0.327 e. The Balaban J connectivity index is 2.52. The highest BCUT2D eigenvalue weighted by atomic mass is 32.2. The van der Waals surface area contributed by atoms with Crippen LogP contribution < -0.4 is 5.32 Å². The number of hydrogen-bond acceptors (Lipinski definition) is 3. The molecule has 1 unspecified atom stereocenters.